The molecule has 1 fully saturated rings. The summed E-state index contributed by atoms with van der Waals surface area (Å²) < 4.78 is 23.2. The molecule has 0 spiro atoms. The molecule has 1 heterocycles. The van der Waals surface area contributed by atoms with Crippen LogP contribution in [0.25, 0.3) is 0 Å². The number of carbonyl (C=O) groups excluding carboxylic acids is 3. The first-order valence-electron chi connectivity index (χ1n) is 12.6. The molecule has 1 N–H and O–H groups in total. The zero-order chi connectivity index (χ0) is 27.8. The smallest absolute Gasteiger partial charge is 0.338 e. The molecule has 1 saturated heterocycles. The Morgan fingerprint density at radius 1 is 0.744 bits per heavy atom. The van der Waals surface area contributed by atoms with Crippen LogP contribution in [0.3, 0.4) is 0 Å². The fraction of sp³-hybridized carbons (Fsp3) is 0.300. The topological polar surface area (TPSA) is 108 Å². The first-order chi connectivity index (χ1) is 18.8. The van der Waals surface area contributed by atoms with Gasteiger partial charge in [-0.15, -0.1) is 11.8 Å². The summed E-state index contributed by atoms with van der Waals surface area (Å²) >= 11 is 1.34. The number of aliphatic hydroxyl groups excluding tert-OH is 1. The van der Waals surface area contributed by atoms with E-state index < -0.39 is 47.8 Å². The lowest BCUT2D eigenvalue weighted by Crippen LogP contribution is -2.60. The summed E-state index contributed by atoms with van der Waals surface area (Å²) in [4.78, 5) is 38.6. The van der Waals surface area contributed by atoms with Gasteiger partial charge >= 0.3 is 17.9 Å². The van der Waals surface area contributed by atoms with Crippen LogP contribution in [0.4, 0.5) is 0 Å². The number of ether oxygens (including phenoxy) is 4. The second-order valence-corrected chi connectivity index (χ2v) is 10.8. The monoisotopic (exact) mass is 550 g/mol. The van der Waals surface area contributed by atoms with Crippen LogP contribution in [0.1, 0.15) is 44.9 Å². The van der Waals surface area contributed by atoms with Crippen molar-refractivity contribution in [2.75, 3.05) is 6.61 Å². The summed E-state index contributed by atoms with van der Waals surface area (Å²) in [5, 5.41) is 11.3. The summed E-state index contributed by atoms with van der Waals surface area (Å²) in [6, 6.07) is 25.1. The summed E-state index contributed by atoms with van der Waals surface area (Å²) in [7, 11) is 0. The largest absolute Gasteiger partial charge is 0.459 e. The maximum Gasteiger partial charge on any atom is 0.338 e. The second kappa shape index (κ2) is 13.4. The minimum Gasteiger partial charge on any atom is -0.459 e. The molecule has 8 nitrogen and oxygen atoms in total. The molecule has 0 aliphatic carbocycles. The lowest BCUT2D eigenvalue weighted by molar-refractivity contribution is -0.206. The minimum absolute atomic E-state index is 0.0289. The molecule has 0 amide bonds. The van der Waals surface area contributed by atoms with Gasteiger partial charge in [0.1, 0.15) is 24.3 Å². The average molecular weight is 551 g/mol. The molecule has 3 aromatic carbocycles. The predicted molar refractivity (Wildman–Crippen MR) is 145 cm³/mol. The van der Waals surface area contributed by atoms with Gasteiger partial charge in [-0.05, 0) is 36.4 Å². The van der Waals surface area contributed by atoms with Gasteiger partial charge in [0.05, 0.1) is 16.7 Å². The molecule has 1 aliphatic heterocycles. The van der Waals surface area contributed by atoms with Crippen LogP contribution in [0.2, 0.25) is 0 Å². The van der Waals surface area contributed by atoms with Crippen molar-refractivity contribution in [3.8, 4) is 0 Å². The van der Waals surface area contributed by atoms with Crippen LogP contribution >= 0.6 is 11.8 Å². The van der Waals surface area contributed by atoms with Gasteiger partial charge in [0.25, 0.3) is 0 Å². The number of aliphatic hydroxyl groups is 1. The van der Waals surface area contributed by atoms with Crippen molar-refractivity contribution in [1.82, 2.24) is 0 Å². The van der Waals surface area contributed by atoms with Crippen molar-refractivity contribution in [1.29, 1.82) is 0 Å². The van der Waals surface area contributed by atoms with Crippen LogP contribution in [-0.2, 0) is 18.9 Å². The van der Waals surface area contributed by atoms with E-state index >= 15 is 0 Å². The second-order valence-electron chi connectivity index (χ2n) is 9.15. The van der Waals surface area contributed by atoms with Gasteiger partial charge in [0, 0.05) is 5.25 Å². The molecule has 204 valence electrons. The van der Waals surface area contributed by atoms with Gasteiger partial charge in [-0.2, -0.15) is 0 Å². The van der Waals surface area contributed by atoms with E-state index in [1.807, 2.05) is 13.8 Å². The first kappa shape index (κ1) is 28.4. The van der Waals surface area contributed by atoms with Crippen molar-refractivity contribution in [2.24, 2.45) is 0 Å². The highest BCUT2D eigenvalue weighted by Gasteiger charge is 2.50. The zero-order valence-corrected chi connectivity index (χ0v) is 22.4. The lowest BCUT2D eigenvalue weighted by Gasteiger charge is -2.43. The molecule has 0 bridgehead atoms. The molecule has 1 aliphatic rings. The highest BCUT2D eigenvalue weighted by atomic mass is 32.2. The number of thioether (sulfide) groups is 1. The van der Waals surface area contributed by atoms with Gasteiger partial charge in [-0.25, -0.2) is 14.4 Å². The summed E-state index contributed by atoms with van der Waals surface area (Å²) in [6.07, 6.45) is -4.95. The highest BCUT2D eigenvalue weighted by Crippen LogP contribution is 2.35. The van der Waals surface area contributed by atoms with Gasteiger partial charge in [-0.1, -0.05) is 68.4 Å². The first-order valence-corrected chi connectivity index (χ1v) is 13.5. The SMILES string of the molecule is CC(C)S[C@@H]1O[C@H](COC(=O)c2ccccc2)[C@H](O)[C@H](OC(=O)c2ccccc2)[C@H]1OC(=O)c1ccccc1. The molecule has 0 saturated carbocycles. The normalized spacial score (nSPS) is 22.6. The van der Waals surface area contributed by atoms with Gasteiger partial charge < -0.3 is 24.1 Å². The van der Waals surface area contributed by atoms with E-state index in [4.69, 9.17) is 18.9 Å². The van der Waals surface area contributed by atoms with Crippen LogP contribution in [0, 0.1) is 0 Å². The zero-order valence-electron chi connectivity index (χ0n) is 21.5. The van der Waals surface area contributed by atoms with E-state index in [2.05, 4.69) is 0 Å². The Morgan fingerprint density at radius 3 is 1.64 bits per heavy atom. The Hall–Kier alpha value is -3.66. The molecule has 3 aromatic rings. The molecule has 5 atom stereocenters. The number of hydrogen-bond donors (Lipinski definition) is 1. The Bertz CT molecular complexity index is 1240. The summed E-state index contributed by atoms with van der Waals surface area (Å²) in [6.45, 7) is 3.57. The number of esters is 3. The Labute approximate surface area is 231 Å². The van der Waals surface area contributed by atoms with Crippen LogP contribution in [0.5, 0.6) is 0 Å². The number of rotatable bonds is 9. The molecule has 39 heavy (non-hydrogen) atoms. The molecular formula is C30H30O8S. The van der Waals surface area contributed by atoms with Crippen LogP contribution < -0.4 is 0 Å². The predicted octanol–water partition coefficient (Wildman–Crippen LogP) is 4.52. The van der Waals surface area contributed by atoms with Crippen molar-refractivity contribution < 1.29 is 38.4 Å². The average Bonchev–Trinajstić information content (AvgIpc) is 2.96. The molecule has 4 rings (SSSR count). The fourth-order valence-corrected chi connectivity index (χ4v) is 5.12. The van der Waals surface area contributed by atoms with E-state index in [0.29, 0.717) is 11.1 Å². The third-order valence-electron chi connectivity index (χ3n) is 5.92. The Morgan fingerprint density at radius 2 is 1.18 bits per heavy atom. The number of carbonyl (C=O) groups is 3. The van der Waals surface area contributed by atoms with Crippen molar-refractivity contribution in [3.05, 3.63) is 108 Å². The standard InChI is InChI=1S/C30H30O8S/c1-19(2)39-30-26(38-29(34)22-16-10-5-11-17-22)25(37-28(33)21-14-8-4-9-15-21)24(31)23(36-30)18-35-27(32)20-12-6-3-7-13-20/h3-17,19,23-26,30-31H,18H2,1-2H3/t23-,24+,25+,26-,30+/m1/s1. The summed E-state index contributed by atoms with van der Waals surface area (Å²) in [5.74, 6) is -1.94. The third kappa shape index (κ3) is 7.47. The fourth-order valence-electron chi connectivity index (χ4n) is 4.01. The van der Waals surface area contributed by atoms with Crippen LogP contribution in [-0.4, -0.2) is 64.7 Å². The van der Waals surface area contributed by atoms with Crippen molar-refractivity contribution >= 4 is 29.7 Å². The van der Waals surface area contributed by atoms with Crippen LogP contribution in [0.15, 0.2) is 91.0 Å². The quantitative estimate of drug-likeness (QED) is 0.304. The number of hydrogen-bond acceptors (Lipinski definition) is 9. The van der Waals surface area contributed by atoms with Gasteiger partial charge in [0.15, 0.2) is 12.2 Å². The molecule has 0 aromatic heterocycles. The Kier molecular flexibility index (Phi) is 9.75. The Balaban J connectivity index is 1.60. The van der Waals surface area contributed by atoms with E-state index in [9.17, 15) is 19.5 Å². The maximum absolute atomic E-state index is 13.0. The minimum atomic E-state index is -1.46. The molecule has 0 radical (unpaired) electrons. The van der Waals surface area contributed by atoms with E-state index in [1.54, 1.807) is 91.0 Å². The molecule has 9 heteroatoms. The van der Waals surface area contributed by atoms with Gasteiger partial charge in [-0.3, -0.25) is 0 Å². The van der Waals surface area contributed by atoms with Crippen molar-refractivity contribution in [2.45, 2.75) is 48.9 Å². The highest BCUT2D eigenvalue weighted by molar-refractivity contribution is 8.00. The number of benzene rings is 3. The van der Waals surface area contributed by atoms with E-state index in [-0.39, 0.29) is 17.4 Å². The van der Waals surface area contributed by atoms with Gasteiger partial charge in [0.2, 0.25) is 0 Å². The molecule has 0 unspecified atom stereocenters. The maximum atomic E-state index is 13.0. The lowest BCUT2D eigenvalue weighted by atomic mass is 9.99. The van der Waals surface area contributed by atoms with E-state index in [1.165, 1.54) is 11.8 Å². The van der Waals surface area contributed by atoms with Crippen molar-refractivity contribution in [3.63, 3.8) is 0 Å². The third-order valence-corrected chi connectivity index (χ3v) is 7.11. The molecular weight excluding hydrogens is 520 g/mol. The summed E-state index contributed by atoms with van der Waals surface area (Å²) in [5.41, 5.74) is 0.0875. The van der Waals surface area contributed by atoms with E-state index in [0.717, 1.165) is 0 Å².